The van der Waals surface area contributed by atoms with Crippen LogP contribution in [0.15, 0.2) is 95.4 Å². The average molecular weight is 407 g/mol. The predicted octanol–water partition coefficient (Wildman–Crippen LogP) is 7.52. The Bertz CT molecular complexity index is 1570. The number of furan rings is 1. The van der Waals surface area contributed by atoms with Crippen molar-refractivity contribution in [1.29, 1.82) is 0 Å². The van der Waals surface area contributed by atoms with Crippen LogP contribution in [0.5, 0.6) is 0 Å². The molecule has 0 aliphatic rings. The van der Waals surface area contributed by atoms with Gasteiger partial charge in [0.15, 0.2) is 5.82 Å². The molecule has 6 aromatic rings. The van der Waals surface area contributed by atoms with Crippen molar-refractivity contribution in [2.75, 3.05) is 0 Å². The minimum absolute atomic E-state index is 0.410. The van der Waals surface area contributed by atoms with Gasteiger partial charge in [0.1, 0.15) is 16.3 Å². The Morgan fingerprint density at radius 1 is 0.600 bits per heavy atom. The first-order valence-corrected chi connectivity index (χ1v) is 10.1. The molecule has 0 unspecified atom stereocenters. The van der Waals surface area contributed by atoms with Gasteiger partial charge in [-0.1, -0.05) is 72.3 Å². The minimum Gasteiger partial charge on any atom is -0.456 e. The zero-order valence-electron chi connectivity index (χ0n) is 15.8. The van der Waals surface area contributed by atoms with Gasteiger partial charge in [-0.05, 0) is 35.0 Å². The van der Waals surface area contributed by atoms with Crippen molar-refractivity contribution < 1.29 is 4.42 Å². The first kappa shape index (κ1) is 17.2. The molecule has 2 heterocycles. The van der Waals surface area contributed by atoms with Crippen LogP contribution in [0.1, 0.15) is 0 Å². The standard InChI is InChI=1S/C26H15ClN2O/c27-25-15-22(18-10-9-16-5-1-2-6-17(16)13-18)28-26(29-25)19-11-12-21-20-7-3-4-8-23(20)30-24(21)14-19/h1-15H. The van der Waals surface area contributed by atoms with Gasteiger partial charge >= 0.3 is 0 Å². The lowest BCUT2D eigenvalue weighted by Gasteiger charge is -2.07. The second-order valence-electron chi connectivity index (χ2n) is 7.27. The molecule has 0 aliphatic carbocycles. The molecule has 0 radical (unpaired) electrons. The van der Waals surface area contributed by atoms with Crippen molar-refractivity contribution >= 4 is 44.3 Å². The summed E-state index contributed by atoms with van der Waals surface area (Å²) >= 11 is 6.38. The number of halogens is 1. The Hall–Kier alpha value is -3.69. The number of benzene rings is 4. The van der Waals surface area contributed by atoms with E-state index in [1.807, 2.05) is 42.5 Å². The molecule has 4 aromatic carbocycles. The monoisotopic (exact) mass is 406 g/mol. The van der Waals surface area contributed by atoms with E-state index in [1.54, 1.807) is 6.07 Å². The third-order valence-corrected chi connectivity index (χ3v) is 5.57. The molecular weight excluding hydrogens is 392 g/mol. The lowest BCUT2D eigenvalue weighted by Crippen LogP contribution is -1.93. The van der Waals surface area contributed by atoms with Gasteiger partial charge in [-0.3, -0.25) is 0 Å². The van der Waals surface area contributed by atoms with Crippen molar-refractivity contribution in [3.05, 3.63) is 96.1 Å². The lowest BCUT2D eigenvalue weighted by molar-refractivity contribution is 0.669. The van der Waals surface area contributed by atoms with Gasteiger partial charge in [-0.25, -0.2) is 9.97 Å². The smallest absolute Gasteiger partial charge is 0.161 e. The lowest BCUT2D eigenvalue weighted by atomic mass is 10.0. The van der Waals surface area contributed by atoms with Crippen molar-refractivity contribution in [1.82, 2.24) is 9.97 Å². The van der Waals surface area contributed by atoms with E-state index in [2.05, 4.69) is 47.4 Å². The highest BCUT2D eigenvalue weighted by Gasteiger charge is 2.12. The van der Waals surface area contributed by atoms with Crippen LogP contribution in [0.2, 0.25) is 5.15 Å². The van der Waals surface area contributed by atoms with E-state index in [0.29, 0.717) is 11.0 Å². The second-order valence-corrected chi connectivity index (χ2v) is 7.66. The van der Waals surface area contributed by atoms with Crippen LogP contribution in [0.4, 0.5) is 0 Å². The molecule has 0 amide bonds. The summed E-state index contributed by atoms with van der Waals surface area (Å²) in [6.07, 6.45) is 0. The molecule has 0 aliphatic heterocycles. The number of fused-ring (bicyclic) bond motifs is 4. The highest BCUT2D eigenvalue weighted by atomic mass is 35.5. The summed E-state index contributed by atoms with van der Waals surface area (Å²) in [5.74, 6) is 0.577. The van der Waals surface area contributed by atoms with Crippen LogP contribution in [-0.4, -0.2) is 9.97 Å². The summed E-state index contributed by atoms with van der Waals surface area (Å²) < 4.78 is 6.02. The largest absolute Gasteiger partial charge is 0.456 e. The first-order valence-electron chi connectivity index (χ1n) is 9.70. The molecule has 0 atom stereocenters. The van der Waals surface area contributed by atoms with Crippen LogP contribution in [0, 0.1) is 0 Å². The molecule has 0 fully saturated rings. The number of hydrogen-bond acceptors (Lipinski definition) is 3. The highest BCUT2D eigenvalue weighted by Crippen LogP contribution is 2.32. The summed E-state index contributed by atoms with van der Waals surface area (Å²) in [5.41, 5.74) is 4.34. The van der Waals surface area contributed by atoms with E-state index < -0.39 is 0 Å². The minimum atomic E-state index is 0.410. The van der Waals surface area contributed by atoms with Gasteiger partial charge in [0.25, 0.3) is 0 Å². The van der Waals surface area contributed by atoms with Crippen LogP contribution >= 0.6 is 11.6 Å². The van der Waals surface area contributed by atoms with Gasteiger partial charge in [-0.2, -0.15) is 0 Å². The molecule has 142 valence electrons. The van der Waals surface area contributed by atoms with Crippen molar-refractivity contribution in [3.8, 4) is 22.6 Å². The van der Waals surface area contributed by atoms with Gasteiger partial charge in [-0.15, -0.1) is 0 Å². The SMILES string of the molecule is Clc1cc(-c2ccc3ccccc3c2)nc(-c2ccc3c(c2)oc2ccccc23)n1. The van der Waals surface area contributed by atoms with Crippen LogP contribution < -0.4 is 0 Å². The molecule has 3 nitrogen and oxygen atoms in total. The molecular formula is C26H15ClN2O. The highest BCUT2D eigenvalue weighted by molar-refractivity contribution is 6.29. The number of nitrogens with zero attached hydrogens (tertiary/aromatic N) is 2. The number of hydrogen-bond donors (Lipinski definition) is 0. The van der Waals surface area contributed by atoms with E-state index in [1.165, 1.54) is 5.39 Å². The summed E-state index contributed by atoms with van der Waals surface area (Å²) in [4.78, 5) is 9.27. The summed E-state index contributed by atoms with van der Waals surface area (Å²) in [7, 11) is 0. The summed E-state index contributed by atoms with van der Waals surface area (Å²) in [6.45, 7) is 0. The van der Waals surface area contributed by atoms with Gasteiger partial charge in [0.2, 0.25) is 0 Å². The predicted molar refractivity (Wildman–Crippen MR) is 123 cm³/mol. The molecule has 0 spiro atoms. The van der Waals surface area contributed by atoms with E-state index >= 15 is 0 Å². The normalized spacial score (nSPS) is 11.5. The van der Waals surface area contributed by atoms with Crippen LogP contribution in [0.3, 0.4) is 0 Å². The Balaban J connectivity index is 1.49. The third kappa shape index (κ3) is 2.83. The molecule has 0 N–H and O–H groups in total. The number of aromatic nitrogens is 2. The number of para-hydroxylation sites is 1. The fraction of sp³-hybridized carbons (Fsp3) is 0. The van der Waals surface area contributed by atoms with E-state index in [0.717, 1.165) is 44.1 Å². The Morgan fingerprint density at radius 2 is 1.37 bits per heavy atom. The van der Waals surface area contributed by atoms with E-state index in [9.17, 15) is 0 Å². The maximum atomic E-state index is 6.38. The second kappa shape index (κ2) is 6.68. The molecule has 0 saturated carbocycles. The van der Waals surface area contributed by atoms with E-state index in [-0.39, 0.29) is 0 Å². The van der Waals surface area contributed by atoms with E-state index in [4.69, 9.17) is 21.0 Å². The fourth-order valence-corrected chi connectivity index (χ4v) is 4.09. The molecule has 2 aromatic heterocycles. The van der Waals surface area contributed by atoms with Gasteiger partial charge < -0.3 is 4.42 Å². The van der Waals surface area contributed by atoms with Gasteiger partial charge in [0.05, 0.1) is 5.69 Å². The third-order valence-electron chi connectivity index (χ3n) is 5.38. The Labute approximate surface area is 177 Å². The number of rotatable bonds is 2. The Morgan fingerprint density at radius 3 is 2.30 bits per heavy atom. The molecule has 0 saturated heterocycles. The summed E-state index contributed by atoms with van der Waals surface area (Å²) in [5, 5.41) is 4.94. The van der Waals surface area contributed by atoms with Crippen LogP contribution in [0.25, 0.3) is 55.4 Å². The summed E-state index contributed by atoms with van der Waals surface area (Å²) in [6, 6.07) is 30.4. The molecule has 0 bridgehead atoms. The van der Waals surface area contributed by atoms with Crippen LogP contribution in [-0.2, 0) is 0 Å². The average Bonchev–Trinajstić information content (AvgIpc) is 3.16. The maximum absolute atomic E-state index is 6.38. The quantitative estimate of drug-likeness (QED) is 0.279. The molecule has 30 heavy (non-hydrogen) atoms. The zero-order valence-corrected chi connectivity index (χ0v) is 16.6. The topological polar surface area (TPSA) is 38.9 Å². The van der Waals surface area contributed by atoms with Crippen molar-refractivity contribution in [2.24, 2.45) is 0 Å². The zero-order chi connectivity index (χ0) is 20.1. The van der Waals surface area contributed by atoms with Gasteiger partial charge in [0, 0.05) is 28.0 Å². The first-order chi connectivity index (χ1) is 14.7. The fourth-order valence-electron chi connectivity index (χ4n) is 3.91. The Kier molecular flexibility index (Phi) is 3.83. The van der Waals surface area contributed by atoms with Crippen molar-refractivity contribution in [2.45, 2.75) is 0 Å². The molecule has 6 rings (SSSR count). The van der Waals surface area contributed by atoms with Crippen molar-refractivity contribution in [3.63, 3.8) is 0 Å². The maximum Gasteiger partial charge on any atom is 0.161 e. The molecule has 4 heteroatoms.